The lowest BCUT2D eigenvalue weighted by Crippen LogP contribution is -1.89. The monoisotopic (exact) mass is 184 g/mol. The minimum absolute atomic E-state index is 0.0451. The van der Waals surface area contributed by atoms with E-state index in [1.54, 1.807) is 13.8 Å². The minimum atomic E-state index is -0.891. The van der Waals surface area contributed by atoms with E-state index in [0.29, 0.717) is 0 Å². The maximum Gasteiger partial charge on any atom is 0.327 e. The molecule has 0 rings (SSSR count). The van der Waals surface area contributed by atoms with Gasteiger partial charge < -0.3 is 10.2 Å². The molecule has 13 heavy (non-hydrogen) atoms. The Bertz CT molecular complexity index is 242. The second-order valence-electron chi connectivity index (χ2n) is 1.84. The molecular formula is C9H12O4. The van der Waals surface area contributed by atoms with Gasteiger partial charge in [0.2, 0.25) is 0 Å². The zero-order chi connectivity index (χ0) is 10.7. The molecule has 0 radical (unpaired) electrons. The van der Waals surface area contributed by atoms with Gasteiger partial charge >= 0.3 is 11.9 Å². The van der Waals surface area contributed by atoms with Gasteiger partial charge in [-0.05, 0) is 13.8 Å². The van der Waals surface area contributed by atoms with E-state index in [1.165, 1.54) is 6.08 Å². The van der Waals surface area contributed by atoms with E-state index in [4.69, 9.17) is 10.2 Å². The molecule has 0 aromatic heterocycles. The van der Waals surface area contributed by atoms with Gasteiger partial charge in [0.15, 0.2) is 0 Å². The van der Waals surface area contributed by atoms with Crippen molar-refractivity contribution < 1.29 is 19.8 Å². The molecule has 0 aromatic rings. The maximum absolute atomic E-state index is 9.66. The second kappa shape index (κ2) is 10.2. The number of hydrogen-bond donors (Lipinski definition) is 2. The number of carboxylic acids is 2. The standard InChI is InChI=1S/C5H6O2.C4H6O2/c1-2-3-4-5(6)7;1-2-3-4(5)6/h4H2,1H3,(H,6,7);2-3H,1H3,(H,5,6). The Morgan fingerprint density at radius 2 is 1.92 bits per heavy atom. The van der Waals surface area contributed by atoms with Crippen molar-refractivity contribution in [3.63, 3.8) is 0 Å². The van der Waals surface area contributed by atoms with Crippen LogP contribution in [0.3, 0.4) is 0 Å². The first kappa shape index (κ1) is 13.8. The van der Waals surface area contributed by atoms with Crippen LogP contribution in [0.25, 0.3) is 0 Å². The van der Waals surface area contributed by atoms with Gasteiger partial charge in [0, 0.05) is 6.08 Å². The molecule has 0 spiro atoms. The van der Waals surface area contributed by atoms with Crippen LogP contribution in [0, 0.1) is 11.8 Å². The summed E-state index contributed by atoms with van der Waals surface area (Å²) in [6.07, 6.45) is 2.51. The highest BCUT2D eigenvalue weighted by Gasteiger charge is 1.85. The SMILES string of the molecule is CC#CCC(=O)O.CC=CC(=O)O. The van der Waals surface area contributed by atoms with Crippen molar-refractivity contribution in [1.29, 1.82) is 0 Å². The number of aliphatic carboxylic acids is 2. The van der Waals surface area contributed by atoms with Gasteiger partial charge in [-0.25, -0.2) is 4.79 Å². The molecular weight excluding hydrogens is 172 g/mol. The summed E-state index contributed by atoms with van der Waals surface area (Å²) < 4.78 is 0. The molecule has 0 bridgehead atoms. The van der Waals surface area contributed by atoms with Crippen LogP contribution in [0.5, 0.6) is 0 Å². The van der Waals surface area contributed by atoms with Crippen LogP contribution >= 0.6 is 0 Å². The molecule has 0 aliphatic rings. The lowest BCUT2D eigenvalue weighted by molar-refractivity contribution is -0.136. The van der Waals surface area contributed by atoms with Gasteiger partial charge in [-0.1, -0.05) is 12.0 Å². The maximum atomic E-state index is 9.66. The van der Waals surface area contributed by atoms with E-state index in [0.717, 1.165) is 6.08 Å². The van der Waals surface area contributed by atoms with Gasteiger partial charge in [-0.15, -0.1) is 5.92 Å². The Hall–Kier alpha value is -1.76. The highest BCUT2D eigenvalue weighted by atomic mass is 16.4. The van der Waals surface area contributed by atoms with Gasteiger partial charge in [0.25, 0.3) is 0 Å². The first-order chi connectivity index (χ1) is 6.04. The van der Waals surface area contributed by atoms with Crippen LogP contribution in [0.15, 0.2) is 12.2 Å². The van der Waals surface area contributed by atoms with Crippen molar-refractivity contribution in [3.8, 4) is 11.8 Å². The highest BCUT2D eigenvalue weighted by Crippen LogP contribution is 1.70. The van der Waals surface area contributed by atoms with Crippen LogP contribution < -0.4 is 0 Å². The zero-order valence-electron chi connectivity index (χ0n) is 7.57. The molecule has 0 fully saturated rings. The van der Waals surface area contributed by atoms with Crippen molar-refractivity contribution >= 4 is 11.9 Å². The summed E-state index contributed by atoms with van der Waals surface area (Å²) in [5.41, 5.74) is 0. The van der Waals surface area contributed by atoms with Gasteiger partial charge in [-0.3, -0.25) is 4.79 Å². The number of carboxylic acid groups (broad SMARTS) is 2. The topological polar surface area (TPSA) is 74.6 Å². The Kier molecular flexibility index (Phi) is 10.9. The second-order valence-corrected chi connectivity index (χ2v) is 1.84. The Morgan fingerprint density at radius 1 is 1.38 bits per heavy atom. The van der Waals surface area contributed by atoms with Crippen LogP contribution in [-0.4, -0.2) is 22.2 Å². The summed E-state index contributed by atoms with van der Waals surface area (Å²) in [5, 5.41) is 15.8. The lowest BCUT2D eigenvalue weighted by Gasteiger charge is -1.74. The summed E-state index contributed by atoms with van der Waals surface area (Å²) in [7, 11) is 0. The van der Waals surface area contributed by atoms with Gasteiger partial charge in [-0.2, -0.15) is 0 Å². The van der Waals surface area contributed by atoms with E-state index in [1.807, 2.05) is 0 Å². The molecule has 0 aliphatic heterocycles. The van der Waals surface area contributed by atoms with Crippen LogP contribution in [0.4, 0.5) is 0 Å². The average Bonchev–Trinajstić information content (AvgIpc) is 2.01. The van der Waals surface area contributed by atoms with Crippen molar-refractivity contribution in [3.05, 3.63) is 12.2 Å². The Balaban J connectivity index is 0. The number of hydrogen-bond acceptors (Lipinski definition) is 2. The molecule has 0 aromatic carbocycles. The third-order valence-corrected chi connectivity index (χ3v) is 0.726. The summed E-state index contributed by atoms with van der Waals surface area (Å²) in [6, 6.07) is 0. The van der Waals surface area contributed by atoms with E-state index in [-0.39, 0.29) is 6.42 Å². The fourth-order valence-electron chi connectivity index (χ4n) is 0.307. The smallest absolute Gasteiger partial charge is 0.327 e. The number of carbonyl (C=O) groups is 2. The summed E-state index contributed by atoms with van der Waals surface area (Å²) in [5.74, 6) is 3.11. The molecule has 0 unspecified atom stereocenters. The van der Waals surface area contributed by atoms with Gasteiger partial charge in [0.05, 0.1) is 0 Å². The molecule has 0 heterocycles. The van der Waals surface area contributed by atoms with E-state index in [9.17, 15) is 9.59 Å². The predicted molar refractivity (Wildman–Crippen MR) is 48.2 cm³/mol. The van der Waals surface area contributed by atoms with E-state index < -0.39 is 11.9 Å². The largest absolute Gasteiger partial charge is 0.481 e. The Labute approximate surface area is 76.9 Å². The third kappa shape index (κ3) is 25.3. The molecule has 0 aliphatic carbocycles. The fraction of sp³-hybridized carbons (Fsp3) is 0.333. The van der Waals surface area contributed by atoms with E-state index in [2.05, 4.69) is 11.8 Å². The third-order valence-electron chi connectivity index (χ3n) is 0.726. The number of allylic oxidation sites excluding steroid dienone is 1. The first-order valence-corrected chi connectivity index (χ1v) is 3.51. The van der Waals surface area contributed by atoms with Crippen LogP contribution in [-0.2, 0) is 9.59 Å². The first-order valence-electron chi connectivity index (χ1n) is 3.51. The van der Waals surface area contributed by atoms with Crippen LogP contribution in [0.1, 0.15) is 20.3 Å². The molecule has 72 valence electrons. The molecule has 2 N–H and O–H groups in total. The normalized spacial score (nSPS) is 7.85. The molecule has 0 atom stereocenters. The highest BCUT2D eigenvalue weighted by molar-refractivity contribution is 5.79. The zero-order valence-corrected chi connectivity index (χ0v) is 7.57. The molecule has 0 saturated carbocycles. The molecule has 0 amide bonds. The van der Waals surface area contributed by atoms with Crippen LogP contribution in [0.2, 0.25) is 0 Å². The molecule has 0 saturated heterocycles. The average molecular weight is 184 g/mol. The lowest BCUT2D eigenvalue weighted by atomic mass is 10.4. The van der Waals surface area contributed by atoms with Crippen molar-refractivity contribution in [2.75, 3.05) is 0 Å². The van der Waals surface area contributed by atoms with Crippen molar-refractivity contribution in [2.24, 2.45) is 0 Å². The molecule has 4 nitrogen and oxygen atoms in total. The number of rotatable bonds is 2. The van der Waals surface area contributed by atoms with E-state index >= 15 is 0 Å². The van der Waals surface area contributed by atoms with Gasteiger partial charge in [0.1, 0.15) is 6.42 Å². The summed E-state index contributed by atoms with van der Waals surface area (Å²) >= 11 is 0. The molecule has 4 heteroatoms. The minimum Gasteiger partial charge on any atom is -0.481 e. The quantitative estimate of drug-likeness (QED) is 0.498. The summed E-state index contributed by atoms with van der Waals surface area (Å²) in [6.45, 7) is 3.27. The van der Waals surface area contributed by atoms with Crippen molar-refractivity contribution in [1.82, 2.24) is 0 Å². The fourth-order valence-corrected chi connectivity index (χ4v) is 0.307. The summed E-state index contributed by atoms with van der Waals surface area (Å²) in [4.78, 5) is 19.2. The van der Waals surface area contributed by atoms with Crippen molar-refractivity contribution in [2.45, 2.75) is 20.3 Å². The predicted octanol–water partition coefficient (Wildman–Crippen LogP) is 1.13. The Morgan fingerprint density at radius 3 is 2.00 bits per heavy atom.